The minimum atomic E-state index is -0.522. The Hall–Kier alpha value is -1.84. The fraction of sp³-hybridized carbons (Fsp3) is 0.381. The molecule has 0 aromatic heterocycles. The molecule has 132 valence electrons. The van der Waals surface area contributed by atoms with Gasteiger partial charge in [0.2, 0.25) is 5.91 Å². The van der Waals surface area contributed by atoms with Crippen molar-refractivity contribution in [3.05, 3.63) is 58.6 Å². The van der Waals surface area contributed by atoms with Crippen LogP contribution in [0.25, 0.3) is 11.1 Å². The van der Waals surface area contributed by atoms with E-state index in [0.717, 1.165) is 46.5 Å². The van der Waals surface area contributed by atoms with Gasteiger partial charge in [-0.25, -0.2) is 0 Å². The fourth-order valence-electron chi connectivity index (χ4n) is 3.49. The van der Waals surface area contributed by atoms with Crippen LogP contribution in [0.3, 0.4) is 0 Å². The molecule has 0 bridgehead atoms. The molecule has 4 heteroatoms. The summed E-state index contributed by atoms with van der Waals surface area (Å²) in [5.74, 6) is 0.131. The van der Waals surface area contributed by atoms with Crippen molar-refractivity contribution in [2.45, 2.75) is 51.2 Å². The van der Waals surface area contributed by atoms with Gasteiger partial charge < -0.3 is 10.4 Å². The Labute approximate surface area is 154 Å². The number of aryl methyl sites for hydroxylation is 1. The second kappa shape index (κ2) is 8.03. The zero-order chi connectivity index (χ0) is 17.8. The van der Waals surface area contributed by atoms with Crippen LogP contribution < -0.4 is 5.32 Å². The van der Waals surface area contributed by atoms with Crippen LogP contribution in [0.1, 0.15) is 49.3 Å². The molecule has 0 aliphatic carbocycles. The van der Waals surface area contributed by atoms with E-state index >= 15 is 0 Å². The molecule has 2 aromatic carbocycles. The van der Waals surface area contributed by atoms with Crippen LogP contribution in [0.4, 0.5) is 0 Å². The number of carbonyl (C=O) groups excluding carboxylic acids is 1. The number of hydrogen-bond donors (Lipinski definition) is 2. The highest BCUT2D eigenvalue weighted by atomic mass is 35.5. The largest absolute Gasteiger partial charge is 0.388 e. The summed E-state index contributed by atoms with van der Waals surface area (Å²) in [5.41, 5.74) is 4.23. The van der Waals surface area contributed by atoms with Gasteiger partial charge in [-0.3, -0.25) is 4.79 Å². The molecule has 3 rings (SSSR count). The third-order valence-electron chi connectivity index (χ3n) is 4.88. The van der Waals surface area contributed by atoms with E-state index in [9.17, 15) is 9.90 Å². The lowest BCUT2D eigenvalue weighted by atomic mass is 9.94. The second-order valence-corrected chi connectivity index (χ2v) is 7.27. The molecule has 1 aliphatic heterocycles. The van der Waals surface area contributed by atoms with Crippen molar-refractivity contribution in [3.63, 3.8) is 0 Å². The summed E-state index contributed by atoms with van der Waals surface area (Å²) >= 11 is 6.04. The van der Waals surface area contributed by atoms with E-state index in [1.165, 1.54) is 0 Å². The molecule has 1 saturated heterocycles. The first-order valence-corrected chi connectivity index (χ1v) is 9.24. The van der Waals surface area contributed by atoms with Crippen LogP contribution in [0.15, 0.2) is 42.5 Å². The van der Waals surface area contributed by atoms with Gasteiger partial charge in [-0.1, -0.05) is 35.9 Å². The molecule has 0 radical (unpaired) electrons. The third kappa shape index (κ3) is 4.62. The Kier molecular flexibility index (Phi) is 5.77. The van der Waals surface area contributed by atoms with E-state index in [0.29, 0.717) is 12.8 Å². The number of hydrogen-bond acceptors (Lipinski definition) is 2. The highest BCUT2D eigenvalue weighted by Gasteiger charge is 2.19. The van der Waals surface area contributed by atoms with Gasteiger partial charge in [0.1, 0.15) is 0 Å². The second-order valence-electron chi connectivity index (χ2n) is 6.83. The lowest BCUT2D eigenvalue weighted by Crippen LogP contribution is -2.38. The number of piperidine rings is 1. The van der Waals surface area contributed by atoms with Gasteiger partial charge in [0.15, 0.2) is 0 Å². The predicted octanol–water partition coefficient (Wildman–Crippen LogP) is 4.80. The van der Waals surface area contributed by atoms with Gasteiger partial charge >= 0.3 is 0 Å². The minimum Gasteiger partial charge on any atom is -0.388 e. The number of nitrogens with one attached hydrogen (secondary N) is 1. The Bertz CT molecular complexity index is 759. The molecule has 3 nitrogen and oxygen atoms in total. The molecule has 1 aliphatic rings. The maximum atomic E-state index is 11.5. The number of rotatable bonds is 5. The molecule has 1 amide bonds. The summed E-state index contributed by atoms with van der Waals surface area (Å²) in [6.07, 6.45) is 3.50. The highest BCUT2D eigenvalue weighted by molar-refractivity contribution is 6.30. The van der Waals surface area contributed by atoms with E-state index in [2.05, 4.69) is 5.32 Å². The van der Waals surface area contributed by atoms with Gasteiger partial charge in [-0.2, -0.15) is 0 Å². The monoisotopic (exact) mass is 357 g/mol. The Morgan fingerprint density at radius 1 is 1.28 bits per heavy atom. The first-order valence-electron chi connectivity index (χ1n) is 8.87. The zero-order valence-electron chi connectivity index (χ0n) is 14.5. The molecule has 0 saturated carbocycles. The third-order valence-corrected chi connectivity index (χ3v) is 5.12. The van der Waals surface area contributed by atoms with Crippen molar-refractivity contribution < 1.29 is 9.90 Å². The van der Waals surface area contributed by atoms with Gasteiger partial charge in [-0.15, -0.1) is 0 Å². The van der Waals surface area contributed by atoms with E-state index in [1.54, 1.807) is 0 Å². The number of amides is 1. The first-order chi connectivity index (χ1) is 12.0. The van der Waals surface area contributed by atoms with Gasteiger partial charge in [-0.05, 0) is 73.1 Å². The smallest absolute Gasteiger partial charge is 0.220 e. The molecule has 0 spiro atoms. The maximum Gasteiger partial charge on any atom is 0.220 e. The fourth-order valence-corrected chi connectivity index (χ4v) is 3.71. The van der Waals surface area contributed by atoms with Crippen LogP contribution in [0.2, 0.25) is 5.02 Å². The van der Waals surface area contributed by atoms with Crippen molar-refractivity contribution in [1.29, 1.82) is 0 Å². The van der Waals surface area contributed by atoms with Crippen molar-refractivity contribution in [1.82, 2.24) is 5.32 Å². The summed E-state index contributed by atoms with van der Waals surface area (Å²) in [4.78, 5) is 11.5. The van der Waals surface area contributed by atoms with Gasteiger partial charge in [0, 0.05) is 17.5 Å². The summed E-state index contributed by atoms with van der Waals surface area (Å²) in [6.45, 7) is 2.04. The lowest BCUT2D eigenvalue weighted by Gasteiger charge is -2.24. The Morgan fingerprint density at radius 2 is 2.12 bits per heavy atom. The van der Waals surface area contributed by atoms with Crippen molar-refractivity contribution >= 4 is 17.5 Å². The van der Waals surface area contributed by atoms with E-state index < -0.39 is 6.10 Å². The van der Waals surface area contributed by atoms with E-state index in [1.807, 2.05) is 49.4 Å². The molecule has 0 unspecified atom stereocenters. The average Bonchev–Trinajstić information content (AvgIpc) is 2.60. The summed E-state index contributed by atoms with van der Waals surface area (Å²) in [6, 6.07) is 14.1. The highest BCUT2D eigenvalue weighted by Crippen LogP contribution is 2.29. The van der Waals surface area contributed by atoms with E-state index in [-0.39, 0.29) is 11.9 Å². The Morgan fingerprint density at radius 3 is 2.88 bits per heavy atom. The predicted molar refractivity (Wildman–Crippen MR) is 102 cm³/mol. The number of aliphatic hydroxyl groups excluding tert-OH is 1. The summed E-state index contributed by atoms with van der Waals surface area (Å²) in [7, 11) is 0. The number of aliphatic hydroxyl groups is 1. The van der Waals surface area contributed by atoms with E-state index in [4.69, 9.17) is 11.6 Å². The topological polar surface area (TPSA) is 49.3 Å². The van der Waals surface area contributed by atoms with Crippen molar-refractivity contribution in [2.75, 3.05) is 0 Å². The van der Waals surface area contributed by atoms with Crippen LogP contribution in [-0.2, 0) is 4.79 Å². The lowest BCUT2D eigenvalue weighted by molar-refractivity contribution is -0.123. The molecular weight excluding hydrogens is 334 g/mol. The summed E-state index contributed by atoms with van der Waals surface area (Å²) in [5, 5.41) is 14.3. The zero-order valence-corrected chi connectivity index (χ0v) is 15.2. The summed E-state index contributed by atoms with van der Waals surface area (Å²) < 4.78 is 0. The quantitative estimate of drug-likeness (QED) is 0.807. The van der Waals surface area contributed by atoms with Crippen LogP contribution >= 0.6 is 11.6 Å². The molecule has 2 N–H and O–H groups in total. The first kappa shape index (κ1) is 18.0. The average molecular weight is 358 g/mol. The molecule has 2 aromatic rings. The van der Waals surface area contributed by atoms with Gasteiger partial charge in [0.05, 0.1) is 6.10 Å². The molecular formula is C21H24ClNO2. The number of halogens is 1. The molecule has 2 atom stereocenters. The molecule has 25 heavy (non-hydrogen) atoms. The molecule has 1 fully saturated rings. The normalized spacial score (nSPS) is 18.7. The van der Waals surface area contributed by atoms with Crippen molar-refractivity contribution in [2.24, 2.45) is 0 Å². The standard InChI is InChI=1S/C21H24ClNO2/c1-14-12-17(22)8-10-19(14)15-4-2-5-16(13-15)20(24)11-9-18-6-3-7-21(25)23-18/h2,4-5,8,10,12-13,18,20,24H,3,6-7,9,11H2,1H3,(H,23,25)/t18-,20-/m1/s1. The number of benzene rings is 2. The van der Waals surface area contributed by atoms with Crippen LogP contribution in [-0.4, -0.2) is 17.1 Å². The SMILES string of the molecule is Cc1cc(Cl)ccc1-c1cccc([C@H](O)CC[C@H]2CCCC(=O)N2)c1. The van der Waals surface area contributed by atoms with Gasteiger partial charge in [0.25, 0.3) is 0 Å². The Balaban J connectivity index is 1.69. The maximum absolute atomic E-state index is 11.5. The van der Waals surface area contributed by atoms with Crippen molar-refractivity contribution in [3.8, 4) is 11.1 Å². The molecule has 1 heterocycles. The van der Waals surface area contributed by atoms with Crippen LogP contribution in [0, 0.1) is 6.92 Å². The number of carbonyl (C=O) groups is 1. The minimum absolute atomic E-state index is 0.131. The van der Waals surface area contributed by atoms with Crippen LogP contribution in [0.5, 0.6) is 0 Å².